The maximum absolute atomic E-state index is 12.6. The van der Waals surface area contributed by atoms with Crippen LogP contribution in [0.15, 0.2) is 6.20 Å². The van der Waals surface area contributed by atoms with Crippen LogP contribution in [0.5, 0.6) is 0 Å². The van der Waals surface area contributed by atoms with Crippen LogP contribution in [0.1, 0.15) is 78.0 Å². The lowest BCUT2D eigenvalue weighted by molar-refractivity contribution is -0.119. The van der Waals surface area contributed by atoms with Crippen molar-refractivity contribution >= 4 is 17.7 Å². The number of carbonyl (C=O) groups is 2. The van der Waals surface area contributed by atoms with Crippen LogP contribution in [-0.4, -0.2) is 39.5 Å². The number of amides is 2. The van der Waals surface area contributed by atoms with Crippen LogP contribution in [-0.2, 0) is 16.6 Å². The summed E-state index contributed by atoms with van der Waals surface area (Å²) in [5, 5.41) is 14.3. The zero-order valence-electron chi connectivity index (χ0n) is 18.2. The average molecular weight is 406 g/mol. The predicted octanol–water partition coefficient (Wildman–Crippen LogP) is 3.26. The van der Waals surface area contributed by atoms with Crippen molar-refractivity contribution in [1.29, 1.82) is 0 Å². The fourth-order valence-corrected chi connectivity index (χ4v) is 4.32. The van der Waals surface area contributed by atoms with Crippen LogP contribution in [0, 0.1) is 5.92 Å². The number of fused-ring (bicyclic) bond motifs is 4. The van der Waals surface area contributed by atoms with Crippen LogP contribution < -0.4 is 16.0 Å². The van der Waals surface area contributed by atoms with Crippen LogP contribution in [0.2, 0.25) is 0 Å². The molecule has 0 aliphatic carbocycles. The number of carbonyl (C=O) groups excluding carboxylic acids is 2. The number of aryl methyl sites for hydroxylation is 1. The first-order valence-electron chi connectivity index (χ1n) is 10.7. The number of nitrogens with one attached hydrogen (secondary N) is 3. The lowest BCUT2D eigenvalue weighted by Gasteiger charge is -2.37. The van der Waals surface area contributed by atoms with E-state index >= 15 is 0 Å². The maximum Gasteiger partial charge on any atom is 0.407 e. The van der Waals surface area contributed by atoms with Gasteiger partial charge in [-0.2, -0.15) is 5.10 Å². The van der Waals surface area contributed by atoms with E-state index in [1.54, 1.807) is 6.20 Å². The Morgan fingerprint density at radius 2 is 1.97 bits per heavy atom. The lowest BCUT2D eigenvalue weighted by Crippen LogP contribution is -2.53. The van der Waals surface area contributed by atoms with Crippen molar-refractivity contribution in [2.75, 3.05) is 5.32 Å². The van der Waals surface area contributed by atoms with Crippen molar-refractivity contribution in [2.45, 2.75) is 89.9 Å². The summed E-state index contributed by atoms with van der Waals surface area (Å²) < 4.78 is 7.33. The molecule has 0 spiro atoms. The largest absolute Gasteiger partial charge is 0.444 e. The number of anilines is 1. The molecule has 3 heterocycles. The minimum Gasteiger partial charge on any atom is -0.444 e. The van der Waals surface area contributed by atoms with Gasteiger partial charge in [0, 0.05) is 25.0 Å². The second-order valence-corrected chi connectivity index (χ2v) is 9.40. The van der Waals surface area contributed by atoms with Crippen LogP contribution in [0.3, 0.4) is 0 Å². The maximum atomic E-state index is 12.6. The second kappa shape index (κ2) is 8.73. The Balaban J connectivity index is 1.84. The molecule has 2 amide bonds. The average Bonchev–Trinajstić information content (AvgIpc) is 2.98. The van der Waals surface area contributed by atoms with Gasteiger partial charge < -0.3 is 20.7 Å². The van der Waals surface area contributed by atoms with Gasteiger partial charge in [0.15, 0.2) is 0 Å². The van der Waals surface area contributed by atoms with E-state index in [1.807, 2.05) is 39.4 Å². The number of ether oxygens (including phenoxy) is 1. The summed E-state index contributed by atoms with van der Waals surface area (Å²) in [6.07, 6.45) is 6.78. The predicted molar refractivity (Wildman–Crippen MR) is 112 cm³/mol. The second-order valence-electron chi connectivity index (χ2n) is 9.40. The lowest BCUT2D eigenvalue weighted by atomic mass is 9.88. The van der Waals surface area contributed by atoms with E-state index in [1.165, 1.54) is 0 Å². The first kappa shape index (κ1) is 21.6. The molecule has 0 aromatic carbocycles. The first-order valence-corrected chi connectivity index (χ1v) is 10.7. The van der Waals surface area contributed by atoms with Gasteiger partial charge in [0.2, 0.25) is 5.91 Å². The molecule has 1 aromatic heterocycles. The van der Waals surface area contributed by atoms with Gasteiger partial charge in [-0.1, -0.05) is 13.3 Å². The van der Waals surface area contributed by atoms with Crippen molar-refractivity contribution in [3.05, 3.63) is 11.9 Å². The zero-order chi connectivity index (χ0) is 21.2. The summed E-state index contributed by atoms with van der Waals surface area (Å²) in [6.45, 7) is 7.55. The van der Waals surface area contributed by atoms with Crippen LogP contribution in [0.25, 0.3) is 0 Å². The fraction of sp³-hybridized carbons (Fsp3) is 0.762. The number of hydrogen-bond donors (Lipinski definition) is 3. The summed E-state index contributed by atoms with van der Waals surface area (Å²) in [4.78, 5) is 25.1. The number of aromatic nitrogens is 2. The van der Waals surface area contributed by atoms with Crippen molar-refractivity contribution in [2.24, 2.45) is 13.0 Å². The number of piperidine rings is 1. The summed E-state index contributed by atoms with van der Waals surface area (Å²) in [6, 6.07) is 0.183. The SMILES string of the molecule is C[C@@H]1CCC[C@H](NC(=O)OC(C)(C)C)C2CCCC(N2)c2c(cnn2C)NC1=O. The Labute approximate surface area is 173 Å². The van der Waals surface area contributed by atoms with E-state index in [9.17, 15) is 9.59 Å². The molecule has 2 aliphatic rings. The molecule has 1 aromatic rings. The van der Waals surface area contributed by atoms with Crippen LogP contribution in [0.4, 0.5) is 10.5 Å². The van der Waals surface area contributed by atoms with Gasteiger partial charge in [0.25, 0.3) is 0 Å². The van der Waals surface area contributed by atoms with Crippen molar-refractivity contribution in [3.8, 4) is 0 Å². The molecule has 2 unspecified atom stereocenters. The zero-order valence-corrected chi connectivity index (χ0v) is 18.2. The van der Waals surface area contributed by atoms with Crippen molar-refractivity contribution in [1.82, 2.24) is 20.4 Å². The summed E-state index contributed by atoms with van der Waals surface area (Å²) in [5.74, 6) is -0.0821. The Kier molecular flexibility index (Phi) is 6.51. The summed E-state index contributed by atoms with van der Waals surface area (Å²) in [7, 11) is 1.90. The van der Waals surface area contributed by atoms with E-state index in [4.69, 9.17) is 4.74 Å². The Morgan fingerprint density at radius 1 is 1.24 bits per heavy atom. The molecule has 8 heteroatoms. The number of rotatable bonds is 1. The third kappa shape index (κ3) is 5.50. The highest BCUT2D eigenvalue weighted by molar-refractivity contribution is 5.92. The molecule has 29 heavy (non-hydrogen) atoms. The minimum atomic E-state index is -0.534. The molecule has 2 aliphatic heterocycles. The standard InChI is InChI=1S/C21H35N5O3/c1-13-8-6-9-15(25-20(28)29-21(2,3)4)14-10-7-11-16(23-14)18-17(24-19(13)27)12-22-26(18)5/h12-16,23H,6-11H2,1-5H3,(H,24,27)(H,25,28)/t13-,14?,15+,16?/m1/s1. The third-order valence-corrected chi connectivity index (χ3v) is 5.78. The van der Waals surface area contributed by atoms with Crippen molar-refractivity contribution < 1.29 is 14.3 Å². The molecule has 4 atom stereocenters. The molecule has 8 nitrogen and oxygen atoms in total. The molecule has 2 bridgehead atoms. The van der Waals surface area contributed by atoms with Gasteiger partial charge >= 0.3 is 6.09 Å². The molecule has 0 radical (unpaired) electrons. The van der Waals surface area contributed by atoms with Crippen LogP contribution >= 0.6 is 0 Å². The molecule has 1 fully saturated rings. The summed E-state index contributed by atoms with van der Waals surface area (Å²) in [5.41, 5.74) is 1.24. The number of alkyl carbamates (subject to hydrolysis) is 1. The van der Waals surface area contributed by atoms with Crippen molar-refractivity contribution in [3.63, 3.8) is 0 Å². The third-order valence-electron chi connectivity index (χ3n) is 5.78. The Hall–Kier alpha value is -2.09. The number of nitrogens with zero attached hydrogens (tertiary/aromatic N) is 2. The normalized spacial score (nSPS) is 28.4. The highest BCUT2D eigenvalue weighted by Gasteiger charge is 2.33. The van der Waals surface area contributed by atoms with Gasteiger partial charge in [-0.05, 0) is 52.9 Å². The van der Waals surface area contributed by atoms with Gasteiger partial charge in [0.1, 0.15) is 5.60 Å². The minimum absolute atomic E-state index is 0.0174. The van der Waals surface area contributed by atoms with Gasteiger partial charge in [-0.15, -0.1) is 0 Å². The highest BCUT2D eigenvalue weighted by Crippen LogP contribution is 2.33. The smallest absolute Gasteiger partial charge is 0.407 e. The molecule has 162 valence electrons. The summed E-state index contributed by atoms with van der Waals surface area (Å²) >= 11 is 0. The molecule has 3 rings (SSSR count). The molecular weight excluding hydrogens is 370 g/mol. The molecular formula is C21H35N5O3. The monoisotopic (exact) mass is 405 g/mol. The quantitative estimate of drug-likeness (QED) is 0.666. The molecule has 1 saturated heterocycles. The van der Waals surface area contributed by atoms with E-state index in [0.717, 1.165) is 49.9 Å². The topological polar surface area (TPSA) is 97.3 Å². The number of hydrogen-bond acceptors (Lipinski definition) is 5. The van der Waals surface area contributed by atoms with Gasteiger partial charge in [0.05, 0.1) is 23.6 Å². The van der Waals surface area contributed by atoms with E-state index in [0.29, 0.717) is 0 Å². The molecule has 3 N–H and O–H groups in total. The Bertz CT molecular complexity index is 739. The van der Waals surface area contributed by atoms with E-state index < -0.39 is 5.60 Å². The van der Waals surface area contributed by atoms with Gasteiger partial charge in [-0.3, -0.25) is 9.48 Å². The first-order chi connectivity index (χ1) is 13.6. The van der Waals surface area contributed by atoms with E-state index in [-0.39, 0.29) is 36.0 Å². The fourth-order valence-electron chi connectivity index (χ4n) is 4.32. The van der Waals surface area contributed by atoms with Gasteiger partial charge in [-0.25, -0.2) is 4.79 Å². The Morgan fingerprint density at radius 3 is 2.69 bits per heavy atom. The molecule has 0 saturated carbocycles. The highest BCUT2D eigenvalue weighted by atomic mass is 16.6. The van der Waals surface area contributed by atoms with E-state index in [2.05, 4.69) is 21.0 Å².